The van der Waals surface area contributed by atoms with Gasteiger partial charge in [0.1, 0.15) is 0 Å². The molecule has 0 aromatic heterocycles. The molecule has 1 rings (SSSR count). The molecule has 0 aliphatic carbocycles. The molecule has 1 N–H and O–H groups in total. The Balaban J connectivity index is 2.20. The molecule has 0 bridgehead atoms. The van der Waals surface area contributed by atoms with Crippen LogP contribution in [0.1, 0.15) is 33.6 Å². The van der Waals surface area contributed by atoms with Gasteiger partial charge in [-0.2, -0.15) is 0 Å². The fraction of sp³-hybridized carbons (Fsp3) is 0.923. The number of nitrogens with zero attached hydrogens (tertiary/aromatic N) is 2. The van der Waals surface area contributed by atoms with E-state index in [0.717, 1.165) is 45.7 Å². The number of hydrogen-bond donors (Lipinski definition) is 1. The lowest BCUT2D eigenvalue weighted by molar-refractivity contribution is 0.168. The molecule has 0 aromatic rings. The second-order valence-electron chi connectivity index (χ2n) is 4.95. The number of carbonyl (C=O) groups is 1. The van der Waals surface area contributed by atoms with E-state index in [1.54, 1.807) is 0 Å². The van der Waals surface area contributed by atoms with Gasteiger partial charge in [0.05, 0.1) is 0 Å². The Hall–Kier alpha value is -0.770. The number of nitrogens with one attached hydrogen (secondary N) is 1. The quantitative estimate of drug-likeness (QED) is 0.796. The van der Waals surface area contributed by atoms with Gasteiger partial charge < -0.3 is 15.1 Å². The van der Waals surface area contributed by atoms with Crippen molar-refractivity contribution in [1.29, 1.82) is 0 Å². The van der Waals surface area contributed by atoms with Crippen LogP contribution in [0.2, 0.25) is 0 Å². The summed E-state index contributed by atoms with van der Waals surface area (Å²) in [4.78, 5) is 16.2. The maximum atomic E-state index is 11.9. The van der Waals surface area contributed by atoms with Crippen LogP contribution in [0.15, 0.2) is 0 Å². The van der Waals surface area contributed by atoms with E-state index in [0.29, 0.717) is 5.92 Å². The maximum Gasteiger partial charge on any atom is 0.317 e. The Bertz CT molecular complexity index is 229. The number of urea groups is 1. The van der Waals surface area contributed by atoms with Gasteiger partial charge in [0.25, 0.3) is 0 Å². The van der Waals surface area contributed by atoms with Crippen LogP contribution in [0.5, 0.6) is 0 Å². The highest BCUT2D eigenvalue weighted by molar-refractivity contribution is 5.74. The molecule has 1 heterocycles. The normalized spacial score (nSPS) is 20.7. The Kier molecular flexibility index (Phi) is 6.34. The first-order valence-corrected chi connectivity index (χ1v) is 6.92. The smallest absolute Gasteiger partial charge is 0.317 e. The van der Waals surface area contributed by atoms with E-state index < -0.39 is 0 Å². The molecule has 0 saturated carbocycles. The molecule has 0 radical (unpaired) electrons. The molecular weight excluding hydrogens is 214 g/mol. The number of rotatable bonds is 5. The molecule has 1 saturated heterocycles. The van der Waals surface area contributed by atoms with Crippen molar-refractivity contribution in [3.63, 3.8) is 0 Å². The summed E-state index contributed by atoms with van der Waals surface area (Å²) in [6.07, 6.45) is 2.40. The zero-order chi connectivity index (χ0) is 12.7. The minimum absolute atomic E-state index is 0.115. The van der Waals surface area contributed by atoms with Crippen molar-refractivity contribution >= 4 is 6.03 Å². The lowest BCUT2D eigenvalue weighted by atomic mass is 10.0. The van der Waals surface area contributed by atoms with Crippen molar-refractivity contribution < 1.29 is 4.79 Å². The third-order valence-electron chi connectivity index (χ3n) is 3.54. The van der Waals surface area contributed by atoms with Crippen LogP contribution in [0.4, 0.5) is 4.79 Å². The predicted octanol–water partition coefficient (Wildman–Crippen LogP) is 1.77. The van der Waals surface area contributed by atoms with Gasteiger partial charge in [0, 0.05) is 26.2 Å². The number of amides is 2. The largest absolute Gasteiger partial charge is 0.337 e. The molecule has 100 valence electrons. The summed E-state index contributed by atoms with van der Waals surface area (Å²) < 4.78 is 0. The number of hydrogen-bond acceptors (Lipinski definition) is 2. The van der Waals surface area contributed by atoms with E-state index in [4.69, 9.17) is 0 Å². The number of likely N-dealkylation sites (tertiary alicyclic amines) is 1. The number of piperidine rings is 1. The standard InChI is InChI=1S/C13H27N3O/c1-4-15(5-2)10-8-14-13(17)16-9-6-7-12(3)11-16/h12H,4-11H2,1-3H3,(H,14,17). The number of carbonyl (C=O) groups excluding carboxylic acids is 1. The summed E-state index contributed by atoms with van der Waals surface area (Å²) in [7, 11) is 0. The Morgan fingerprint density at radius 2 is 2.12 bits per heavy atom. The van der Waals surface area contributed by atoms with Gasteiger partial charge in [0.15, 0.2) is 0 Å². The third-order valence-corrected chi connectivity index (χ3v) is 3.54. The molecule has 1 atom stereocenters. The van der Waals surface area contributed by atoms with Gasteiger partial charge in [-0.1, -0.05) is 20.8 Å². The summed E-state index contributed by atoms with van der Waals surface area (Å²) >= 11 is 0. The fourth-order valence-electron chi connectivity index (χ4n) is 2.35. The zero-order valence-corrected chi connectivity index (χ0v) is 11.5. The highest BCUT2D eigenvalue weighted by Gasteiger charge is 2.20. The molecule has 17 heavy (non-hydrogen) atoms. The second-order valence-corrected chi connectivity index (χ2v) is 4.95. The highest BCUT2D eigenvalue weighted by atomic mass is 16.2. The summed E-state index contributed by atoms with van der Waals surface area (Å²) in [6.45, 7) is 12.1. The minimum Gasteiger partial charge on any atom is -0.337 e. The molecule has 0 aromatic carbocycles. The molecule has 2 amide bonds. The van der Waals surface area contributed by atoms with Crippen LogP contribution in [0.25, 0.3) is 0 Å². The van der Waals surface area contributed by atoms with E-state index in [9.17, 15) is 4.79 Å². The van der Waals surface area contributed by atoms with Crippen molar-refractivity contribution in [2.75, 3.05) is 39.3 Å². The SMILES string of the molecule is CCN(CC)CCNC(=O)N1CCCC(C)C1. The number of likely N-dealkylation sites (N-methyl/N-ethyl adjacent to an activating group) is 1. The van der Waals surface area contributed by atoms with E-state index in [1.807, 2.05) is 4.90 Å². The molecule has 4 heteroatoms. The Morgan fingerprint density at radius 1 is 1.41 bits per heavy atom. The summed E-state index contributed by atoms with van der Waals surface area (Å²) in [5.41, 5.74) is 0. The van der Waals surface area contributed by atoms with Gasteiger partial charge in [-0.05, 0) is 31.8 Å². The van der Waals surface area contributed by atoms with Crippen molar-refractivity contribution in [1.82, 2.24) is 15.1 Å². The van der Waals surface area contributed by atoms with Crippen LogP contribution < -0.4 is 5.32 Å². The van der Waals surface area contributed by atoms with E-state index >= 15 is 0 Å². The zero-order valence-electron chi connectivity index (χ0n) is 11.5. The van der Waals surface area contributed by atoms with Crippen LogP contribution >= 0.6 is 0 Å². The molecule has 0 spiro atoms. The second kappa shape index (κ2) is 7.54. The molecule has 1 fully saturated rings. The van der Waals surface area contributed by atoms with Gasteiger partial charge in [-0.25, -0.2) is 4.79 Å². The topological polar surface area (TPSA) is 35.6 Å². The fourth-order valence-corrected chi connectivity index (χ4v) is 2.35. The lowest BCUT2D eigenvalue weighted by Crippen LogP contribution is -2.46. The lowest BCUT2D eigenvalue weighted by Gasteiger charge is -2.31. The average Bonchev–Trinajstić information content (AvgIpc) is 2.34. The van der Waals surface area contributed by atoms with Crippen molar-refractivity contribution in [3.05, 3.63) is 0 Å². The van der Waals surface area contributed by atoms with Gasteiger partial charge in [-0.3, -0.25) is 0 Å². The van der Waals surface area contributed by atoms with E-state index in [-0.39, 0.29) is 6.03 Å². The van der Waals surface area contributed by atoms with Gasteiger partial charge in [-0.15, -0.1) is 0 Å². The van der Waals surface area contributed by atoms with Crippen LogP contribution in [-0.4, -0.2) is 55.1 Å². The van der Waals surface area contributed by atoms with Gasteiger partial charge in [0.2, 0.25) is 0 Å². The minimum atomic E-state index is 0.115. The Morgan fingerprint density at radius 3 is 2.71 bits per heavy atom. The first-order chi connectivity index (χ1) is 8.17. The van der Waals surface area contributed by atoms with Crippen molar-refractivity contribution in [2.45, 2.75) is 33.6 Å². The predicted molar refractivity (Wildman–Crippen MR) is 71.2 cm³/mol. The van der Waals surface area contributed by atoms with Gasteiger partial charge >= 0.3 is 6.03 Å². The monoisotopic (exact) mass is 241 g/mol. The summed E-state index contributed by atoms with van der Waals surface area (Å²) in [5, 5.41) is 3.02. The highest BCUT2D eigenvalue weighted by Crippen LogP contribution is 2.14. The van der Waals surface area contributed by atoms with E-state index in [2.05, 4.69) is 31.0 Å². The summed E-state index contributed by atoms with van der Waals surface area (Å²) in [6, 6.07) is 0.115. The first kappa shape index (κ1) is 14.3. The van der Waals surface area contributed by atoms with Crippen LogP contribution in [0.3, 0.4) is 0 Å². The molecule has 4 nitrogen and oxygen atoms in total. The Labute approximate surface area is 105 Å². The molecule has 1 aliphatic heterocycles. The first-order valence-electron chi connectivity index (χ1n) is 6.92. The van der Waals surface area contributed by atoms with Crippen molar-refractivity contribution in [3.8, 4) is 0 Å². The van der Waals surface area contributed by atoms with Crippen LogP contribution in [0, 0.1) is 5.92 Å². The maximum absolute atomic E-state index is 11.9. The molecule has 1 unspecified atom stereocenters. The average molecular weight is 241 g/mol. The third kappa shape index (κ3) is 4.94. The van der Waals surface area contributed by atoms with Crippen LogP contribution in [-0.2, 0) is 0 Å². The van der Waals surface area contributed by atoms with E-state index in [1.165, 1.54) is 6.42 Å². The van der Waals surface area contributed by atoms with Crippen molar-refractivity contribution in [2.24, 2.45) is 5.92 Å². The molecular formula is C13H27N3O. The summed E-state index contributed by atoms with van der Waals surface area (Å²) in [5.74, 6) is 0.650. The molecule has 1 aliphatic rings.